The van der Waals surface area contributed by atoms with Gasteiger partial charge >= 0.3 is 0 Å². The summed E-state index contributed by atoms with van der Waals surface area (Å²) in [5, 5.41) is 0. The Balaban J connectivity index is 0.00000225. The molecule has 16 heavy (non-hydrogen) atoms. The van der Waals surface area contributed by atoms with Crippen molar-refractivity contribution in [2.24, 2.45) is 11.8 Å². The molecule has 1 saturated heterocycles. The molecule has 1 radical (unpaired) electrons. The van der Waals surface area contributed by atoms with E-state index in [9.17, 15) is 8.42 Å². The summed E-state index contributed by atoms with van der Waals surface area (Å²) in [4.78, 5) is 0. The second-order valence-corrected chi connectivity index (χ2v) is 7.95. The smallest absolute Gasteiger partial charge is 0.147 e. The molecule has 5 heteroatoms. The zero-order chi connectivity index (χ0) is 11.7. The maximum atomic E-state index is 11.3. The first kappa shape index (κ1) is 17.0. The fourth-order valence-electron chi connectivity index (χ4n) is 2.94. The predicted molar refractivity (Wildman–Crippen MR) is 63.4 cm³/mol. The summed E-state index contributed by atoms with van der Waals surface area (Å²) in [6.07, 6.45) is 3.61. The largest absolute Gasteiger partial charge is 0.328 e. The molecular formula is C11H24NO2SY+. The van der Waals surface area contributed by atoms with Crippen LogP contribution < -0.4 is 0 Å². The Bertz CT molecular complexity index is 314. The van der Waals surface area contributed by atoms with Crippen molar-refractivity contribution in [1.29, 1.82) is 0 Å². The Morgan fingerprint density at radius 3 is 2.12 bits per heavy atom. The minimum Gasteiger partial charge on any atom is -0.328 e. The molecule has 0 saturated carbocycles. The fraction of sp³-hybridized carbons (Fsp3) is 1.00. The number of nitrogens with zero attached hydrogens (tertiary/aromatic N) is 1. The van der Waals surface area contributed by atoms with Gasteiger partial charge in [-0.05, 0) is 12.8 Å². The van der Waals surface area contributed by atoms with Crippen molar-refractivity contribution < 1.29 is 45.6 Å². The zero-order valence-corrected chi connectivity index (χ0v) is 14.6. The van der Waals surface area contributed by atoms with Gasteiger partial charge in [-0.15, -0.1) is 0 Å². The third-order valence-corrected chi connectivity index (χ3v) is 4.36. The van der Waals surface area contributed by atoms with Crippen LogP contribution in [0.2, 0.25) is 0 Å². The molecule has 0 aromatic rings. The maximum absolute atomic E-state index is 11.3. The van der Waals surface area contributed by atoms with E-state index in [1.54, 1.807) is 0 Å². The van der Waals surface area contributed by atoms with E-state index < -0.39 is 9.84 Å². The van der Waals surface area contributed by atoms with Crippen LogP contribution >= 0.6 is 0 Å². The average molecular weight is 323 g/mol. The first-order valence-electron chi connectivity index (χ1n) is 5.71. The molecule has 0 aliphatic carbocycles. The van der Waals surface area contributed by atoms with Crippen LogP contribution in [-0.2, 0) is 42.5 Å². The molecule has 0 aromatic heterocycles. The van der Waals surface area contributed by atoms with Crippen LogP contribution in [0.4, 0.5) is 0 Å². The van der Waals surface area contributed by atoms with Crippen molar-refractivity contribution in [2.75, 3.05) is 39.2 Å². The number of hydrogen-bond donors (Lipinski definition) is 0. The first-order valence-corrected chi connectivity index (χ1v) is 7.77. The number of hydrogen-bond acceptors (Lipinski definition) is 2. The molecule has 3 nitrogen and oxygen atoms in total. The molecule has 0 bridgehead atoms. The van der Waals surface area contributed by atoms with Gasteiger partial charge in [-0.3, -0.25) is 0 Å². The van der Waals surface area contributed by atoms with Gasteiger partial charge in [0.25, 0.3) is 0 Å². The molecule has 93 valence electrons. The molecule has 2 atom stereocenters. The quantitative estimate of drug-likeness (QED) is 0.730. The third kappa shape index (κ3) is 6.08. The molecule has 0 amide bonds. The van der Waals surface area contributed by atoms with Gasteiger partial charge in [0.1, 0.15) is 9.84 Å². The number of piperidine rings is 1. The van der Waals surface area contributed by atoms with Crippen LogP contribution in [0.5, 0.6) is 0 Å². The van der Waals surface area contributed by atoms with Crippen LogP contribution in [0, 0.1) is 11.8 Å². The van der Waals surface area contributed by atoms with Gasteiger partial charge in [-0.25, -0.2) is 8.42 Å². The molecule has 0 spiro atoms. The molecule has 1 aliphatic rings. The van der Waals surface area contributed by atoms with Crippen LogP contribution in [-0.4, -0.2) is 52.1 Å². The first-order chi connectivity index (χ1) is 6.72. The van der Waals surface area contributed by atoms with E-state index in [0.717, 1.165) is 17.4 Å². The maximum Gasteiger partial charge on any atom is 0.147 e. The Hall–Kier alpha value is 1.01. The van der Waals surface area contributed by atoms with Crippen molar-refractivity contribution >= 4 is 9.84 Å². The topological polar surface area (TPSA) is 34.1 Å². The van der Waals surface area contributed by atoms with E-state index in [-0.39, 0.29) is 32.7 Å². The summed E-state index contributed by atoms with van der Waals surface area (Å²) in [6, 6.07) is 0. The standard InChI is InChI=1S/C11H24NO2S.Y/c1-5-10-6-11(9-15(4,13)14)8-12(2,3)7-10;/h10-11H,5-9H2,1-4H3;/q+1;. The Labute approximate surface area is 125 Å². The van der Waals surface area contributed by atoms with Gasteiger partial charge in [0.15, 0.2) is 0 Å². The molecule has 1 fully saturated rings. The van der Waals surface area contributed by atoms with Crippen molar-refractivity contribution in [3.8, 4) is 0 Å². The molecule has 0 aromatic carbocycles. The van der Waals surface area contributed by atoms with Crippen LogP contribution in [0.15, 0.2) is 0 Å². The van der Waals surface area contributed by atoms with Crippen LogP contribution in [0.3, 0.4) is 0 Å². The Kier molecular flexibility index (Phi) is 6.66. The normalized spacial score (nSPS) is 29.5. The fourth-order valence-corrected chi connectivity index (χ4v) is 4.04. The van der Waals surface area contributed by atoms with E-state index in [2.05, 4.69) is 21.0 Å². The van der Waals surface area contributed by atoms with E-state index >= 15 is 0 Å². The summed E-state index contributed by atoms with van der Waals surface area (Å²) in [5.41, 5.74) is 0. The zero-order valence-electron chi connectivity index (χ0n) is 10.9. The van der Waals surface area contributed by atoms with E-state index in [1.807, 2.05) is 0 Å². The SMILES string of the molecule is CCC1CC(CS(C)(=O)=O)C[N+](C)(C)C1.[Y]. The van der Waals surface area contributed by atoms with Gasteiger partial charge < -0.3 is 4.48 Å². The van der Waals surface area contributed by atoms with Crippen molar-refractivity contribution in [3.05, 3.63) is 0 Å². The van der Waals surface area contributed by atoms with Gasteiger partial charge in [-0.2, -0.15) is 0 Å². The van der Waals surface area contributed by atoms with E-state index in [0.29, 0.717) is 17.6 Å². The van der Waals surface area contributed by atoms with E-state index in [1.165, 1.54) is 19.2 Å². The van der Waals surface area contributed by atoms with Crippen LogP contribution in [0.1, 0.15) is 19.8 Å². The number of quaternary nitrogens is 1. The van der Waals surface area contributed by atoms with Gasteiger partial charge in [0.05, 0.1) is 32.9 Å². The minimum absolute atomic E-state index is 0. The Morgan fingerprint density at radius 1 is 1.19 bits per heavy atom. The average Bonchev–Trinajstić information content (AvgIpc) is 1.97. The molecule has 0 N–H and O–H groups in total. The second-order valence-electron chi connectivity index (χ2n) is 5.77. The van der Waals surface area contributed by atoms with E-state index in [4.69, 9.17) is 0 Å². The summed E-state index contributed by atoms with van der Waals surface area (Å²) in [7, 11) is 1.60. The summed E-state index contributed by atoms with van der Waals surface area (Å²) >= 11 is 0. The summed E-state index contributed by atoms with van der Waals surface area (Å²) in [6.45, 7) is 4.40. The van der Waals surface area contributed by atoms with Crippen LogP contribution in [0.25, 0.3) is 0 Å². The predicted octanol–water partition coefficient (Wildman–Crippen LogP) is 1.15. The Morgan fingerprint density at radius 2 is 1.69 bits per heavy atom. The number of likely N-dealkylation sites (tertiary alicyclic amines) is 1. The molecule has 1 aliphatic heterocycles. The number of sulfone groups is 1. The molecule has 2 unspecified atom stereocenters. The third-order valence-electron chi connectivity index (χ3n) is 3.29. The van der Waals surface area contributed by atoms with Crippen molar-refractivity contribution in [3.63, 3.8) is 0 Å². The summed E-state index contributed by atoms with van der Waals surface area (Å²) < 4.78 is 23.6. The monoisotopic (exact) mass is 323 g/mol. The van der Waals surface area contributed by atoms with Gasteiger partial charge in [-0.1, -0.05) is 6.92 Å². The number of rotatable bonds is 3. The van der Waals surface area contributed by atoms with Gasteiger partial charge in [0.2, 0.25) is 0 Å². The van der Waals surface area contributed by atoms with Crippen molar-refractivity contribution in [2.45, 2.75) is 19.8 Å². The molecule has 1 rings (SSSR count). The second kappa shape index (κ2) is 6.26. The molecular weight excluding hydrogens is 299 g/mol. The minimum atomic E-state index is -2.82. The molecule has 1 heterocycles. The van der Waals surface area contributed by atoms with Gasteiger partial charge in [0, 0.05) is 50.8 Å². The van der Waals surface area contributed by atoms with Crippen molar-refractivity contribution in [1.82, 2.24) is 0 Å². The summed E-state index contributed by atoms with van der Waals surface area (Å²) in [5.74, 6) is 1.42.